The number of hydrazone groups is 1. The van der Waals surface area contributed by atoms with Gasteiger partial charge in [-0.2, -0.15) is 31.4 Å². The molecule has 0 saturated carbocycles. The van der Waals surface area contributed by atoms with Crippen LogP contribution in [0.1, 0.15) is 16.8 Å². The third kappa shape index (κ3) is 4.51. The van der Waals surface area contributed by atoms with E-state index in [1.54, 1.807) is 18.3 Å². The van der Waals surface area contributed by atoms with Crippen LogP contribution in [0.2, 0.25) is 0 Å². The fourth-order valence-electron chi connectivity index (χ4n) is 2.36. The Hall–Kier alpha value is -3.30. The largest absolute Gasteiger partial charge is 0.417 e. The Kier molecular flexibility index (Phi) is 5.12. The summed E-state index contributed by atoms with van der Waals surface area (Å²) in [7, 11) is 0. The lowest BCUT2D eigenvalue weighted by atomic mass is 10.2. The van der Waals surface area contributed by atoms with E-state index in [-0.39, 0.29) is 11.5 Å². The van der Waals surface area contributed by atoms with Crippen molar-refractivity contribution in [1.29, 1.82) is 0 Å². The molecule has 10 heteroatoms. The number of hydrogen-bond acceptors (Lipinski definition) is 3. The Balaban J connectivity index is 1.76. The molecule has 1 N–H and O–H groups in total. The first kappa shape index (κ1) is 19.5. The average Bonchev–Trinajstić information content (AvgIpc) is 3.09. The Morgan fingerprint density at radius 3 is 2.29 bits per heavy atom. The van der Waals surface area contributed by atoms with Crippen LogP contribution in [-0.2, 0) is 12.4 Å². The third-order valence-electron chi connectivity index (χ3n) is 3.70. The van der Waals surface area contributed by atoms with Gasteiger partial charge in [-0.3, -0.25) is 5.43 Å². The van der Waals surface area contributed by atoms with Crippen molar-refractivity contribution in [3.8, 4) is 5.69 Å². The van der Waals surface area contributed by atoms with Gasteiger partial charge in [-0.15, -0.1) is 0 Å². The predicted molar refractivity (Wildman–Crippen MR) is 91.2 cm³/mol. The quantitative estimate of drug-likeness (QED) is 0.365. The minimum Gasteiger partial charge on any atom is -0.316 e. The van der Waals surface area contributed by atoms with Gasteiger partial charge >= 0.3 is 12.4 Å². The van der Waals surface area contributed by atoms with Crippen molar-refractivity contribution in [2.45, 2.75) is 12.4 Å². The molecule has 0 saturated heterocycles. The Labute approximate surface area is 155 Å². The van der Waals surface area contributed by atoms with Crippen LogP contribution >= 0.6 is 0 Å². The molecule has 0 fully saturated rings. The maximum absolute atomic E-state index is 12.9. The van der Waals surface area contributed by atoms with Crippen molar-refractivity contribution in [2.75, 3.05) is 5.43 Å². The van der Waals surface area contributed by atoms with E-state index in [1.807, 2.05) is 0 Å². The van der Waals surface area contributed by atoms with Gasteiger partial charge in [0.1, 0.15) is 5.82 Å². The fraction of sp³-hybridized carbons (Fsp3) is 0.111. The molecule has 0 radical (unpaired) electrons. The maximum Gasteiger partial charge on any atom is 0.417 e. The normalized spacial score (nSPS) is 12.5. The first-order valence-electron chi connectivity index (χ1n) is 7.82. The number of nitrogens with zero attached hydrogens (tertiary/aromatic N) is 3. The van der Waals surface area contributed by atoms with Crippen molar-refractivity contribution in [1.82, 2.24) is 9.55 Å². The molecule has 0 aliphatic carbocycles. The molecule has 0 atom stereocenters. The molecule has 146 valence electrons. The van der Waals surface area contributed by atoms with Gasteiger partial charge in [0, 0.05) is 18.1 Å². The van der Waals surface area contributed by atoms with E-state index >= 15 is 0 Å². The second-order valence-electron chi connectivity index (χ2n) is 5.65. The highest BCUT2D eigenvalue weighted by Gasteiger charge is 2.31. The van der Waals surface area contributed by atoms with Gasteiger partial charge in [-0.05, 0) is 42.5 Å². The van der Waals surface area contributed by atoms with Gasteiger partial charge in [0.25, 0.3) is 0 Å². The summed E-state index contributed by atoms with van der Waals surface area (Å²) in [4.78, 5) is 3.61. The van der Waals surface area contributed by atoms with Crippen molar-refractivity contribution >= 4 is 12.0 Å². The molecule has 0 amide bonds. The van der Waals surface area contributed by atoms with Gasteiger partial charge in [-0.25, -0.2) is 4.98 Å². The van der Waals surface area contributed by atoms with Crippen LogP contribution in [0, 0.1) is 0 Å². The first-order chi connectivity index (χ1) is 13.1. The molecule has 3 aromatic rings. The van der Waals surface area contributed by atoms with E-state index < -0.39 is 23.5 Å². The Bertz CT molecular complexity index is 971. The van der Waals surface area contributed by atoms with Crippen molar-refractivity contribution < 1.29 is 26.3 Å². The molecule has 2 heterocycles. The highest BCUT2D eigenvalue weighted by molar-refractivity contribution is 5.79. The van der Waals surface area contributed by atoms with Gasteiger partial charge in [0.2, 0.25) is 0 Å². The molecule has 3 rings (SSSR count). The van der Waals surface area contributed by atoms with Gasteiger partial charge in [-0.1, -0.05) is 6.07 Å². The summed E-state index contributed by atoms with van der Waals surface area (Å²) in [6.07, 6.45) is -5.40. The molecule has 2 aromatic heterocycles. The molecular weight excluding hydrogens is 386 g/mol. The van der Waals surface area contributed by atoms with Crippen LogP contribution in [0.25, 0.3) is 5.69 Å². The number of halogens is 6. The number of pyridine rings is 1. The zero-order valence-corrected chi connectivity index (χ0v) is 14.0. The fourth-order valence-corrected chi connectivity index (χ4v) is 2.36. The smallest absolute Gasteiger partial charge is 0.316 e. The van der Waals surface area contributed by atoms with Crippen LogP contribution in [-0.4, -0.2) is 15.8 Å². The van der Waals surface area contributed by atoms with Gasteiger partial charge in [0.15, 0.2) is 0 Å². The first-order valence-corrected chi connectivity index (χ1v) is 7.82. The van der Waals surface area contributed by atoms with E-state index in [0.29, 0.717) is 11.9 Å². The summed E-state index contributed by atoms with van der Waals surface area (Å²) in [5, 5.41) is 3.87. The van der Waals surface area contributed by atoms with Gasteiger partial charge in [0.05, 0.1) is 23.0 Å². The van der Waals surface area contributed by atoms with E-state index in [1.165, 1.54) is 22.9 Å². The molecule has 1 aromatic carbocycles. The molecule has 0 bridgehead atoms. The second-order valence-corrected chi connectivity index (χ2v) is 5.65. The number of rotatable bonds is 4. The summed E-state index contributed by atoms with van der Waals surface area (Å²) in [6.45, 7) is 0. The lowest BCUT2D eigenvalue weighted by Crippen LogP contribution is -2.07. The summed E-state index contributed by atoms with van der Waals surface area (Å²) in [6, 6.07) is 9.99. The summed E-state index contributed by atoms with van der Waals surface area (Å²) >= 11 is 0. The molecular formula is C18H12F6N4. The zero-order chi connectivity index (χ0) is 20.4. The molecule has 0 aliphatic heterocycles. The Morgan fingerprint density at radius 1 is 0.893 bits per heavy atom. The Morgan fingerprint density at radius 2 is 1.64 bits per heavy atom. The van der Waals surface area contributed by atoms with Crippen molar-refractivity contribution in [3.05, 3.63) is 77.7 Å². The topological polar surface area (TPSA) is 42.2 Å². The lowest BCUT2D eigenvalue weighted by molar-refractivity contribution is -0.138. The second kappa shape index (κ2) is 7.37. The number of benzene rings is 1. The van der Waals surface area contributed by atoms with E-state index in [9.17, 15) is 26.3 Å². The van der Waals surface area contributed by atoms with Crippen LogP contribution in [0.5, 0.6) is 0 Å². The zero-order valence-electron chi connectivity index (χ0n) is 14.0. The van der Waals surface area contributed by atoms with E-state index in [0.717, 1.165) is 24.3 Å². The monoisotopic (exact) mass is 398 g/mol. The minimum absolute atomic E-state index is 0.0847. The number of hydrogen-bond donors (Lipinski definition) is 1. The van der Waals surface area contributed by atoms with Crippen LogP contribution in [0.15, 0.2) is 66.0 Å². The molecule has 28 heavy (non-hydrogen) atoms. The minimum atomic E-state index is -4.49. The standard InChI is InChI=1S/C18H12F6N4/c19-17(20,21)12-3-1-4-14(9-12)28-8-2-5-15(28)11-26-27-16-7-6-13(10-25-16)18(22,23)24/h1-11H,(H,25,27)/b26-11+. The highest BCUT2D eigenvalue weighted by atomic mass is 19.4. The van der Waals surface area contributed by atoms with Gasteiger partial charge < -0.3 is 4.57 Å². The van der Waals surface area contributed by atoms with E-state index in [2.05, 4.69) is 15.5 Å². The van der Waals surface area contributed by atoms with Crippen LogP contribution in [0.3, 0.4) is 0 Å². The predicted octanol–water partition coefficient (Wildman–Crippen LogP) is 5.36. The van der Waals surface area contributed by atoms with Crippen LogP contribution in [0.4, 0.5) is 32.2 Å². The average molecular weight is 398 g/mol. The molecule has 0 aliphatic rings. The number of anilines is 1. The maximum atomic E-state index is 12.9. The molecule has 0 unspecified atom stereocenters. The van der Waals surface area contributed by atoms with Crippen molar-refractivity contribution in [3.63, 3.8) is 0 Å². The van der Waals surface area contributed by atoms with Crippen LogP contribution < -0.4 is 5.43 Å². The number of aromatic nitrogens is 2. The molecule has 0 spiro atoms. The number of alkyl halides is 6. The number of nitrogens with one attached hydrogen (secondary N) is 1. The highest BCUT2D eigenvalue weighted by Crippen LogP contribution is 2.31. The summed E-state index contributed by atoms with van der Waals surface area (Å²) in [5.41, 5.74) is 1.54. The molecule has 4 nitrogen and oxygen atoms in total. The third-order valence-corrected chi connectivity index (χ3v) is 3.70. The summed E-state index contributed by atoms with van der Waals surface area (Å²) in [5.74, 6) is 0.0847. The van der Waals surface area contributed by atoms with E-state index in [4.69, 9.17) is 0 Å². The van der Waals surface area contributed by atoms with Crippen molar-refractivity contribution in [2.24, 2.45) is 5.10 Å². The lowest BCUT2D eigenvalue weighted by Gasteiger charge is -2.11. The SMILES string of the molecule is FC(F)(F)c1ccc(N/N=C/c2cccn2-c2cccc(C(F)(F)F)c2)nc1. The summed E-state index contributed by atoms with van der Waals surface area (Å²) < 4.78 is 77.6.